The molecule has 0 bridgehead atoms. The molecule has 0 aliphatic heterocycles. The lowest BCUT2D eigenvalue weighted by atomic mass is 10.0. The van der Waals surface area contributed by atoms with Gasteiger partial charge in [0, 0.05) is 22.2 Å². The zero-order valence-corrected chi connectivity index (χ0v) is 13.0. The summed E-state index contributed by atoms with van der Waals surface area (Å²) >= 11 is 0. The molecule has 0 amide bonds. The van der Waals surface area contributed by atoms with Gasteiger partial charge in [0.2, 0.25) is 5.78 Å². The molecule has 0 aliphatic rings. The third-order valence-corrected chi connectivity index (χ3v) is 3.82. The maximum atomic E-state index is 12.8. The van der Waals surface area contributed by atoms with E-state index < -0.39 is 6.10 Å². The number of rotatable bonds is 4. The summed E-state index contributed by atoms with van der Waals surface area (Å²) in [6.07, 6.45) is -0.678. The van der Waals surface area contributed by atoms with Crippen molar-refractivity contribution in [2.75, 3.05) is 0 Å². The average Bonchev–Trinajstić information content (AvgIpc) is 2.90. The van der Waals surface area contributed by atoms with Gasteiger partial charge in [0.25, 0.3) is 0 Å². The van der Waals surface area contributed by atoms with Gasteiger partial charge in [-0.25, -0.2) is 0 Å². The molecule has 0 saturated heterocycles. The van der Waals surface area contributed by atoms with Crippen molar-refractivity contribution in [1.29, 1.82) is 5.26 Å². The second-order valence-corrected chi connectivity index (χ2v) is 5.40. The predicted octanol–water partition coefficient (Wildman–Crippen LogP) is 4.00. The van der Waals surface area contributed by atoms with Crippen molar-refractivity contribution in [1.82, 2.24) is 4.98 Å². The standard InChI is InChI=1S/C19H16N2O2/c1-12-18(15-8-4-5-9-16(15)21-12)19(22)13(2)23-17-10-6-3-7-14(17)11-20/h3-10,13,21H,1-2H3. The zero-order valence-electron chi connectivity index (χ0n) is 13.0. The molecular formula is C19H16N2O2. The monoisotopic (exact) mass is 304 g/mol. The molecule has 3 rings (SSSR count). The summed E-state index contributed by atoms with van der Waals surface area (Å²) in [5.41, 5.74) is 2.81. The minimum Gasteiger partial charge on any atom is -0.481 e. The molecule has 23 heavy (non-hydrogen) atoms. The van der Waals surface area contributed by atoms with Crippen LogP contribution in [0.1, 0.15) is 28.5 Å². The van der Waals surface area contributed by atoms with Gasteiger partial charge in [-0.15, -0.1) is 0 Å². The minimum absolute atomic E-state index is 0.104. The van der Waals surface area contributed by atoms with Crippen LogP contribution in [0.5, 0.6) is 5.75 Å². The molecule has 4 heteroatoms. The number of ether oxygens (including phenoxy) is 1. The molecule has 0 fully saturated rings. The van der Waals surface area contributed by atoms with Crippen LogP contribution in [0.3, 0.4) is 0 Å². The van der Waals surface area contributed by atoms with E-state index in [4.69, 9.17) is 10.00 Å². The summed E-state index contributed by atoms with van der Waals surface area (Å²) in [7, 11) is 0. The Morgan fingerprint density at radius 1 is 1.17 bits per heavy atom. The summed E-state index contributed by atoms with van der Waals surface area (Å²) in [5, 5.41) is 10.0. The first-order chi connectivity index (χ1) is 11.1. The second kappa shape index (κ2) is 5.98. The first-order valence-corrected chi connectivity index (χ1v) is 7.39. The number of hydrogen-bond acceptors (Lipinski definition) is 3. The van der Waals surface area contributed by atoms with Gasteiger partial charge in [0.1, 0.15) is 11.8 Å². The maximum absolute atomic E-state index is 12.8. The Kier molecular flexibility index (Phi) is 3.86. The van der Waals surface area contributed by atoms with Crippen molar-refractivity contribution in [2.24, 2.45) is 0 Å². The summed E-state index contributed by atoms with van der Waals surface area (Å²) in [5.74, 6) is 0.320. The fourth-order valence-corrected chi connectivity index (χ4v) is 2.70. The lowest BCUT2D eigenvalue weighted by Gasteiger charge is -2.14. The van der Waals surface area contributed by atoms with E-state index in [0.29, 0.717) is 16.9 Å². The van der Waals surface area contributed by atoms with E-state index in [-0.39, 0.29) is 5.78 Å². The summed E-state index contributed by atoms with van der Waals surface area (Å²) in [6.45, 7) is 3.58. The quantitative estimate of drug-likeness (QED) is 0.741. The number of aromatic nitrogens is 1. The highest BCUT2D eigenvalue weighted by Gasteiger charge is 2.23. The largest absolute Gasteiger partial charge is 0.481 e. The fraction of sp³-hybridized carbons (Fsp3) is 0.158. The average molecular weight is 304 g/mol. The van der Waals surface area contributed by atoms with Gasteiger partial charge in [-0.05, 0) is 32.0 Å². The van der Waals surface area contributed by atoms with Crippen LogP contribution < -0.4 is 4.74 Å². The van der Waals surface area contributed by atoms with Crippen LogP contribution in [-0.2, 0) is 0 Å². The molecule has 0 saturated carbocycles. The Bertz CT molecular complexity index is 919. The lowest BCUT2D eigenvalue weighted by molar-refractivity contribution is 0.0819. The molecule has 1 N–H and O–H groups in total. The molecule has 1 heterocycles. The van der Waals surface area contributed by atoms with Crippen LogP contribution in [0.2, 0.25) is 0 Å². The van der Waals surface area contributed by atoms with Gasteiger partial charge in [-0.2, -0.15) is 5.26 Å². The molecule has 0 spiro atoms. The van der Waals surface area contributed by atoms with Crippen molar-refractivity contribution in [3.63, 3.8) is 0 Å². The zero-order chi connectivity index (χ0) is 16.4. The molecule has 1 aromatic heterocycles. The normalized spacial score (nSPS) is 11.9. The minimum atomic E-state index is -0.678. The number of nitrogens with zero attached hydrogens (tertiary/aromatic N) is 1. The fourth-order valence-electron chi connectivity index (χ4n) is 2.70. The van der Waals surface area contributed by atoms with E-state index in [1.807, 2.05) is 31.2 Å². The first-order valence-electron chi connectivity index (χ1n) is 7.39. The SMILES string of the molecule is Cc1[nH]c2ccccc2c1C(=O)C(C)Oc1ccccc1C#N. The number of fused-ring (bicyclic) bond motifs is 1. The number of nitrogens with one attached hydrogen (secondary N) is 1. The number of aromatic amines is 1. The summed E-state index contributed by atoms with van der Waals surface area (Å²) < 4.78 is 5.74. The highest BCUT2D eigenvalue weighted by molar-refractivity contribution is 6.11. The number of para-hydroxylation sites is 2. The molecule has 3 aromatic rings. The molecule has 4 nitrogen and oxygen atoms in total. The van der Waals surface area contributed by atoms with Gasteiger partial charge in [-0.1, -0.05) is 30.3 Å². The number of Topliss-reactive ketones (excluding diaryl/α,β-unsaturated/α-hetero) is 1. The third kappa shape index (κ3) is 2.69. The smallest absolute Gasteiger partial charge is 0.205 e. The lowest BCUT2D eigenvalue weighted by Crippen LogP contribution is -2.24. The van der Waals surface area contributed by atoms with Crippen molar-refractivity contribution < 1.29 is 9.53 Å². The highest BCUT2D eigenvalue weighted by Crippen LogP contribution is 2.25. The van der Waals surface area contributed by atoms with Crippen molar-refractivity contribution >= 4 is 16.7 Å². The topological polar surface area (TPSA) is 65.9 Å². The number of hydrogen-bond donors (Lipinski definition) is 1. The van der Waals surface area contributed by atoms with E-state index in [2.05, 4.69) is 11.1 Å². The number of benzene rings is 2. The predicted molar refractivity (Wildman–Crippen MR) is 88.6 cm³/mol. The summed E-state index contributed by atoms with van der Waals surface area (Å²) in [4.78, 5) is 16.0. The second-order valence-electron chi connectivity index (χ2n) is 5.40. The van der Waals surface area contributed by atoms with Crippen molar-refractivity contribution in [2.45, 2.75) is 20.0 Å². The van der Waals surface area contributed by atoms with Crippen LogP contribution in [0.15, 0.2) is 48.5 Å². The van der Waals surface area contributed by atoms with Gasteiger partial charge >= 0.3 is 0 Å². The van der Waals surface area contributed by atoms with Gasteiger partial charge < -0.3 is 9.72 Å². The Hall–Kier alpha value is -3.06. The molecule has 0 aliphatic carbocycles. The molecule has 1 unspecified atom stereocenters. The molecule has 0 radical (unpaired) electrons. The van der Waals surface area contributed by atoms with E-state index in [1.54, 1.807) is 31.2 Å². The van der Waals surface area contributed by atoms with E-state index >= 15 is 0 Å². The number of aryl methyl sites for hydroxylation is 1. The Morgan fingerprint density at radius 2 is 1.87 bits per heavy atom. The summed E-state index contributed by atoms with van der Waals surface area (Å²) in [6, 6.07) is 16.7. The Morgan fingerprint density at radius 3 is 2.65 bits per heavy atom. The number of ketones is 1. The van der Waals surface area contributed by atoms with E-state index in [0.717, 1.165) is 16.6 Å². The number of carbonyl (C=O) groups is 1. The van der Waals surface area contributed by atoms with Crippen LogP contribution in [0, 0.1) is 18.3 Å². The maximum Gasteiger partial charge on any atom is 0.205 e. The Labute approximate surface area is 134 Å². The number of nitriles is 1. The van der Waals surface area contributed by atoms with Crippen LogP contribution >= 0.6 is 0 Å². The van der Waals surface area contributed by atoms with Crippen molar-refractivity contribution in [3.05, 3.63) is 65.4 Å². The van der Waals surface area contributed by atoms with Crippen LogP contribution in [-0.4, -0.2) is 16.9 Å². The molecule has 114 valence electrons. The molecule has 2 aromatic carbocycles. The van der Waals surface area contributed by atoms with Crippen LogP contribution in [0.25, 0.3) is 10.9 Å². The first kappa shape index (κ1) is 14.9. The Balaban J connectivity index is 1.93. The van der Waals surface area contributed by atoms with E-state index in [1.165, 1.54) is 0 Å². The van der Waals surface area contributed by atoms with Crippen molar-refractivity contribution in [3.8, 4) is 11.8 Å². The molecular weight excluding hydrogens is 288 g/mol. The van der Waals surface area contributed by atoms with Gasteiger partial charge in [0.05, 0.1) is 5.56 Å². The van der Waals surface area contributed by atoms with Gasteiger partial charge in [0.15, 0.2) is 6.10 Å². The number of H-pyrrole nitrogens is 1. The van der Waals surface area contributed by atoms with E-state index in [9.17, 15) is 4.79 Å². The molecule has 1 atom stereocenters. The number of carbonyl (C=O) groups excluding carboxylic acids is 1. The van der Waals surface area contributed by atoms with Gasteiger partial charge in [-0.3, -0.25) is 4.79 Å². The van der Waals surface area contributed by atoms with Crippen LogP contribution in [0.4, 0.5) is 0 Å². The highest BCUT2D eigenvalue weighted by atomic mass is 16.5. The third-order valence-electron chi connectivity index (χ3n) is 3.82.